The molecule has 16 heavy (non-hydrogen) atoms. The highest BCUT2D eigenvalue weighted by molar-refractivity contribution is 7.99. The minimum Gasteiger partial charge on any atom is -0.477 e. The Kier molecular flexibility index (Phi) is 2.86. The third-order valence-corrected chi connectivity index (χ3v) is 2.42. The summed E-state index contributed by atoms with van der Waals surface area (Å²) in [5.74, 6) is -0.610. The first kappa shape index (κ1) is 10.6. The summed E-state index contributed by atoms with van der Waals surface area (Å²) < 4.78 is 5.14. The topological polar surface area (TPSA) is 89.1 Å². The first-order valence-corrected chi connectivity index (χ1v) is 5.15. The standard InChI is InChI=1S/C9H7N3O3S/c1-5-11-12-9(15-5)16-7-4-2-3-6(10-7)8(13)14/h2-4H,1H3,(H,13,14). The number of aryl methyl sites for hydroxylation is 1. The first-order chi connectivity index (χ1) is 7.65. The molecule has 0 radical (unpaired) electrons. The van der Waals surface area contributed by atoms with Gasteiger partial charge in [0.05, 0.1) is 0 Å². The van der Waals surface area contributed by atoms with Crippen molar-refractivity contribution in [2.24, 2.45) is 0 Å². The molecule has 0 bridgehead atoms. The van der Waals surface area contributed by atoms with E-state index >= 15 is 0 Å². The molecule has 7 heteroatoms. The zero-order valence-corrected chi connectivity index (χ0v) is 9.06. The number of aromatic carboxylic acids is 1. The lowest BCUT2D eigenvalue weighted by molar-refractivity contribution is 0.0689. The second kappa shape index (κ2) is 4.31. The van der Waals surface area contributed by atoms with Crippen LogP contribution in [0.2, 0.25) is 0 Å². The Labute approximate surface area is 94.7 Å². The van der Waals surface area contributed by atoms with Gasteiger partial charge in [0, 0.05) is 6.92 Å². The summed E-state index contributed by atoms with van der Waals surface area (Å²) in [6.45, 7) is 1.68. The van der Waals surface area contributed by atoms with Gasteiger partial charge in [-0.05, 0) is 23.9 Å². The largest absolute Gasteiger partial charge is 0.477 e. The van der Waals surface area contributed by atoms with Gasteiger partial charge in [0.1, 0.15) is 10.7 Å². The van der Waals surface area contributed by atoms with E-state index in [1.54, 1.807) is 19.1 Å². The fourth-order valence-electron chi connectivity index (χ4n) is 1.000. The van der Waals surface area contributed by atoms with Crippen molar-refractivity contribution < 1.29 is 14.3 Å². The average Bonchev–Trinajstić information content (AvgIpc) is 2.64. The Morgan fingerprint density at radius 1 is 1.44 bits per heavy atom. The molecule has 82 valence electrons. The van der Waals surface area contributed by atoms with Gasteiger partial charge in [-0.3, -0.25) is 0 Å². The highest BCUT2D eigenvalue weighted by Gasteiger charge is 2.09. The first-order valence-electron chi connectivity index (χ1n) is 4.33. The normalized spacial score (nSPS) is 10.3. The second-order valence-corrected chi connectivity index (χ2v) is 3.83. The molecule has 2 aromatic rings. The molecule has 0 unspecified atom stereocenters. The summed E-state index contributed by atoms with van der Waals surface area (Å²) in [6.07, 6.45) is 0. The van der Waals surface area contributed by atoms with E-state index in [0.717, 1.165) is 11.8 Å². The van der Waals surface area contributed by atoms with Crippen LogP contribution in [-0.4, -0.2) is 26.3 Å². The minimum absolute atomic E-state index is 0.0127. The summed E-state index contributed by atoms with van der Waals surface area (Å²) in [6, 6.07) is 4.71. The quantitative estimate of drug-likeness (QED) is 0.867. The Balaban J connectivity index is 2.21. The molecule has 2 heterocycles. The molecule has 0 aliphatic rings. The molecule has 0 amide bonds. The Morgan fingerprint density at radius 3 is 2.88 bits per heavy atom. The molecule has 0 saturated carbocycles. The molecule has 1 N–H and O–H groups in total. The summed E-state index contributed by atoms with van der Waals surface area (Å²) in [7, 11) is 0. The predicted molar refractivity (Wildman–Crippen MR) is 54.4 cm³/mol. The van der Waals surface area contributed by atoms with Crippen molar-refractivity contribution in [3.63, 3.8) is 0 Å². The number of nitrogens with zero attached hydrogens (tertiary/aromatic N) is 3. The summed E-state index contributed by atoms with van der Waals surface area (Å²) >= 11 is 1.13. The van der Waals surface area contributed by atoms with Crippen LogP contribution in [0.4, 0.5) is 0 Å². The van der Waals surface area contributed by atoms with E-state index in [2.05, 4.69) is 15.2 Å². The van der Waals surface area contributed by atoms with E-state index in [1.807, 2.05) is 0 Å². The summed E-state index contributed by atoms with van der Waals surface area (Å²) in [5, 5.41) is 17.0. The van der Waals surface area contributed by atoms with E-state index in [0.29, 0.717) is 16.1 Å². The summed E-state index contributed by atoms with van der Waals surface area (Å²) in [5.41, 5.74) is -0.0127. The molecular weight excluding hydrogens is 230 g/mol. The lowest BCUT2D eigenvalue weighted by Gasteiger charge is -1.97. The number of pyridine rings is 1. The van der Waals surface area contributed by atoms with E-state index in [4.69, 9.17) is 9.52 Å². The van der Waals surface area contributed by atoms with Gasteiger partial charge in [0.25, 0.3) is 5.22 Å². The van der Waals surface area contributed by atoms with Crippen molar-refractivity contribution in [3.8, 4) is 0 Å². The lowest BCUT2D eigenvalue weighted by atomic mass is 10.4. The van der Waals surface area contributed by atoms with Crippen LogP contribution in [0.25, 0.3) is 0 Å². The Bertz CT molecular complexity index is 526. The monoisotopic (exact) mass is 237 g/mol. The zero-order chi connectivity index (χ0) is 11.5. The van der Waals surface area contributed by atoms with Crippen LogP contribution in [0.1, 0.15) is 16.4 Å². The van der Waals surface area contributed by atoms with E-state index in [-0.39, 0.29) is 5.69 Å². The van der Waals surface area contributed by atoms with Gasteiger partial charge in [-0.2, -0.15) is 0 Å². The molecular formula is C9H7N3O3S. The number of aromatic nitrogens is 3. The van der Waals surface area contributed by atoms with Crippen LogP contribution in [0.15, 0.2) is 32.9 Å². The van der Waals surface area contributed by atoms with Gasteiger partial charge in [-0.25, -0.2) is 9.78 Å². The van der Waals surface area contributed by atoms with Crippen molar-refractivity contribution in [3.05, 3.63) is 29.8 Å². The maximum atomic E-state index is 10.7. The van der Waals surface area contributed by atoms with Crippen molar-refractivity contribution in [2.75, 3.05) is 0 Å². The number of carbonyl (C=O) groups is 1. The van der Waals surface area contributed by atoms with Gasteiger partial charge in [-0.1, -0.05) is 6.07 Å². The van der Waals surface area contributed by atoms with E-state index < -0.39 is 5.97 Å². The highest BCUT2D eigenvalue weighted by atomic mass is 32.2. The average molecular weight is 237 g/mol. The number of carboxylic acids is 1. The van der Waals surface area contributed by atoms with Crippen LogP contribution in [0.5, 0.6) is 0 Å². The number of hydrogen-bond acceptors (Lipinski definition) is 6. The van der Waals surface area contributed by atoms with Crippen molar-refractivity contribution in [2.45, 2.75) is 17.2 Å². The Morgan fingerprint density at radius 2 is 2.25 bits per heavy atom. The second-order valence-electron chi connectivity index (χ2n) is 2.86. The summed E-state index contributed by atoms with van der Waals surface area (Å²) in [4.78, 5) is 14.6. The van der Waals surface area contributed by atoms with Crippen LogP contribution in [0, 0.1) is 6.92 Å². The van der Waals surface area contributed by atoms with Gasteiger partial charge in [0.2, 0.25) is 5.89 Å². The zero-order valence-electron chi connectivity index (χ0n) is 8.25. The lowest BCUT2D eigenvalue weighted by Crippen LogP contribution is -1.99. The van der Waals surface area contributed by atoms with Crippen LogP contribution in [0.3, 0.4) is 0 Å². The molecule has 0 fully saturated rings. The molecule has 0 atom stereocenters. The van der Waals surface area contributed by atoms with Gasteiger partial charge < -0.3 is 9.52 Å². The number of hydrogen-bond donors (Lipinski definition) is 1. The SMILES string of the molecule is Cc1nnc(Sc2cccc(C(=O)O)n2)o1. The minimum atomic E-state index is -1.07. The maximum Gasteiger partial charge on any atom is 0.354 e. The molecule has 0 aromatic carbocycles. The third-order valence-electron chi connectivity index (χ3n) is 1.64. The number of carboxylic acid groups (broad SMARTS) is 1. The molecule has 0 spiro atoms. The maximum absolute atomic E-state index is 10.7. The number of rotatable bonds is 3. The molecule has 0 saturated heterocycles. The van der Waals surface area contributed by atoms with Crippen molar-refractivity contribution >= 4 is 17.7 Å². The fraction of sp³-hybridized carbons (Fsp3) is 0.111. The third kappa shape index (κ3) is 2.37. The smallest absolute Gasteiger partial charge is 0.354 e. The predicted octanol–water partition coefficient (Wildman–Crippen LogP) is 1.62. The van der Waals surface area contributed by atoms with Crippen molar-refractivity contribution in [1.29, 1.82) is 0 Å². The van der Waals surface area contributed by atoms with Crippen molar-refractivity contribution in [1.82, 2.24) is 15.2 Å². The van der Waals surface area contributed by atoms with Crippen LogP contribution in [-0.2, 0) is 0 Å². The van der Waals surface area contributed by atoms with E-state index in [1.165, 1.54) is 6.07 Å². The van der Waals surface area contributed by atoms with Gasteiger partial charge >= 0.3 is 5.97 Å². The highest BCUT2D eigenvalue weighted by Crippen LogP contribution is 2.24. The molecule has 0 aliphatic heterocycles. The Hall–Kier alpha value is -1.89. The fourth-order valence-corrected chi connectivity index (χ4v) is 1.71. The van der Waals surface area contributed by atoms with Crippen LogP contribution < -0.4 is 0 Å². The molecule has 2 rings (SSSR count). The van der Waals surface area contributed by atoms with Crippen LogP contribution >= 0.6 is 11.8 Å². The van der Waals surface area contributed by atoms with Gasteiger partial charge in [-0.15, -0.1) is 10.2 Å². The van der Waals surface area contributed by atoms with Gasteiger partial charge in [0.15, 0.2) is 0 Å². The van der Waals surface area contributed by atoms with E-state index in [9.17, 15) is 4.79 Å². The molecule has 2 aromatic heterocycles. The molecule has 0 aliphatic carbocycles. The molecule has 6 nitrogen and oxygen atoms in total.